The Hall–Kier alpha value is -0.0800. The quantitative estimate of drug-likeness (QED) is 0.370. The van der Waals surface area contributed by atoms with Crippen LogP contribution in [0.3, 0.4) is 0 Å². The van der Waals surface area contributed by atoms with Crippen molar-refractivity contribution in [2.45, 2.75) is 84.0 Å². The first-order valence-corrected chi connectivity index (χ1v) is 9.09. The Morgan fingerprint density at radius 1 is 0.800 bits per heavy atom. The van der Waals surface area contributed by atoms with E-state index >= 15 is 0 Å². The monoisotopic (exact) mass is 282 g/mol. The lowest BCUT2D eigenvalue weighted by molar-refractivity contribution is -0.252. The van der Waals surface area contributed by atoms with Gasteiger partial charge in [0.05, 0.1) is 6.61 Å². The molecule has 2 saturated carbocycles. The van der Waals surface area contributed by atoms with E-state index in [1.807, 2.05) is 0 Å². The SMILES string of the molecule is CCCCCC1CCC(C2CCC(COO)CC2)CC1. The third-order valence-corrected chi connectivity index (χ3v) is 5.98. The second-order valence-corrected chi connectivity index (χ2v) is 7.35. The zero-order valence-electron chi connectivity index (χ0n) is 13.4. The summed E-state index contributed by atoms with van der Waals surface area (Å²) < 4.78 is 0. The molecule has 0 aromatic heterocycles. The van der Waals surface area contributed by atoms with E-state index in [-0.39, 0.29) is 0 Å². The van der Waals surface area contributed by atoms with Crippen LogP contribution in [-0.4, -0.2) is 11.9 Å². The van der Waals surface area contributed by atoms with Crippen LogP contribution in [0.4, 0.5) is 0 Å². The summed E-state index contributed by atoms with van der Waals surface area (Å²) in [4.78, 5) is 4.32. The third kappa shape index (κ3) is 5.04. The van der Waals surface area contributed by atoms with E-state index in [0.717, 1.165) is 17.8 Å². The fourth-order valence-corrected chi connectivity index (χ4v) is 4.56. The Morgan fingerprint density at radius 2 is 1.35 bits per heavy atom. The molecule has 2 aliphatic carbocycles. The van der Waals surface area contributed by atoms with Gasteiger partial charge in [0.15, 0.2) is 0 Å². The van der Waals surface area contributed by atoms with Gasteiger partial charge in [-0.15, -0.1) is 0 Å². The second kappa shape index (κ2) is 9.04. The van der Waals surface area contributed by atoms with Gasteiger partial charge in [0.25, 0.3) is 0 Å². The highest BCUT2D eigenvalue weighted by Crippen LogP contribution is 2.42. The molecule has 2 aliphatic rings. The average Bonchev–Trinajstić information content (AvgIpc) is 2.49. The molecule has 1 N–H and O–H groups in total. The molecule has 0 amide bonds. The summed E-state index contributed by atoms with van der Waals surface area (Å²) in [6, 6.07) is 0. The minimum atomic E-state index is 0.552. The van der Waals surface area contributed by atoms with Crippen molar-refractivity contribution in [1.29, 1.82) is 0 Å². The summed E-state index contributed by atoms with van der Waals surface area (Å²) in [5, 5.41) is 8.55. The van der Waals surface area contributed by atoms with E-state index in [2.05, 4.69) is 11.8 Å². The standard InChI is InChI=1S/C18H34O2/c1-2-3-4-5-15-6-10-17(11-7-15)18-12-8-16(9-13-18)14-20-19/h15-19H,2-14H2,1H3. The molecule has 0 atom stereocenters. The maximum atomic E-state index is 8.55. The first-order chi connectivity index (χ1) is 9.83. The molecule has 0 bridgehead atoms. The summed E-state index contributed by atoms with van der Waals surface area (Å²) in [6.45, 7) is 2.85. The highest BCUT2D eigenvalue weighted by Gasteiger charge is 2.30. The fourth-order valence-electron chi connectivity index (χ4n) is 4.56. The van der Waals surface area contributed by atoms with Gasteiger partial charge in [-0.1, -0.05) is 45.4 Å². The van der Waals surface area contributed by atoms with Crippen LogP contribution >= 0.6 is 0 Å². The van der Waals surface area contributed by atoms with Crippen LogP contribution in [0.2, 0.25) is 0 Å². The van der Waals surface area contributed by atoms with Gasteiger partial charge in [0, 0.05) is 0 Å². The lowest BCUT2D eigenvalue weighted by Gasteiger charge is -2.37. The Labute approximate surface area is 125 Å². The van der Waals surface area contributed by atoms with Crippen molar-refractivity contribution in [2.75, 3.05) is 6.61 Å². The number of hydrogen-bond donors (Lipinski definition) is 1. The zero-order chi connectivity index (χ0) is 14.2. The van der Waals surface area contributed by atoms with Gasteiger partial charge in [-0.25, -0.2) is 4.89 Å². The molecule has 118 valence electrons. The number of unbranched alkanes of at least 4 members (excludes halogenated alkanes) is 2. The highest BCUT2D eigenvalue weighted by molar-refractivity contribution is 4.82. The van der Waals surface area contributed by atoms with Crippen LogP contribution in [0.5, 0.6) is 0 Å². The average molecular weight is 282 g/mol. The minimum absolute atomic E-state index is 0.552. The van der Waals surface area contributed by atoms with Crippen molar-refractivity contribution >= 4 is 0 Å². The van der Waals surface area contributed by atoms with Crippen LogP contribution in [0.1, 0.15) is 84.0 Å². The molecule has 0 heterocycles. The van der Waals surface area contributed by atoms with Gasteiger partial charge in [-0.2, -0.15) is 0 Å². The lowest BCUT2D eigenvalue weighted by Crippen LogP contribution is -2.27. The summed E-state index contributed by atoms with van der Waals surface area (Å²) in [5.74, 6) is 3.63. The lowest BCUT2D eigenvalue weighted by atomic mass is 9.69. The smallest absolute Gasteiger partial charge is 0.0847 e. The molecule has 0 aromatic rings. The molecular formula is C18H34O2. The maximum absolute atomic E-state index is 8.55. The molecule has 0 aromatic carbocycles. The van der Waals surface area contributed by atoms with Crippen LogP contribution in [-0.2, 0) is 4.89 Å². The minimum Gasteiger partial charge on any atom is -0.252 e. The van der Waals surface area contributed by atoms with E-state index in [1.165, 1.54) is 77.0 Å². The van der Waals surface area contributed by atoms with E-state index in [4.69, 9.17) is 5.26 Å². The van der Waals surface area contributed by atoms with Gasteiger partial charge >= 0.3 is 0 Å². The summed E-state index contributed by atoms with van der Waals surface area (Å²) >= 11 is 0. The van der Waals surface area contributed by atoms with Crippen LogP contribution in [0.15, 0.2) is 0 Å². The maximum Gasteiger partial charge on any atom is 0.0847 e. The van der Waals surface area contributed by atoms with Crippen molar-refractivity contribution in [1.82, 2.24) is 0 Å². The van der Waals surface area contributed by atoms with Gasteiger partial charge in [-0.3, -0.25) is 5.26 Å². The van der Waals surface area contributed by atoms with E-state index < -0.39 is 0 Å². The number of hydrogen-bond acceptors (Lipinski definition) is 2. The van der Waals surface area contributed by atoms with Crippen molar-refractivity contribution in [3.8, 4) is 0 Å². The molecular weight excluding hydrogens is 248 g/mol. The van der Waals surface area contributed by atoms with Crippen LogP contribution < -0.4 is 0 Å². The van der Waals surface area contributed by atoms with Crippen molar-refractivity contribution in [3.05, 3.63) is 0 Å². The van der Waals surface area contributed by atoms with Gasteiger partial charge in [0.1, 0.15) is 0 Å². The van der Waals surface area contributed by atoms with E-state index in [9.17, 15) is 0 Å². The molecule has 2 heteroatoms. The molecule has 2 rings (SSSR count). The van der Waals surface area contributed by atoms with E-state index in [0.29, 0.717) is 12.5 Å². The fraction of sp³-hybridized carbons (Fsp3) is 1.00. The first-order valence-electron chi connectivity index (χ1n) is 9.09. The molecule has 2 nitrogen and oxygen atoms in total. The largest absolute Gasteiger partial charge is 0.252 e. The molecule has 0 saturated heterocycles. The van der Waals surface area contributed by atoms with Gasteiger partial charge in [0.2, 0.25) is 0 Å². The summed E-state index contributed by atoms with van der Waals surface area (Å²) in [7, 11) is 0. The molecule has 0 radical (unpaired) electrons. The predicted octanol–water partition coefficient (Wildman–Crippen LogP) is 5.67. The molecule has 0 spiro atoms. The molecule has 2 fully saturated rings. The van der Waals surface area contributed by atoms with Crippen molar-refractivity contribution in [2.24, 2.45) is 23.7 Å². The Morgan fingerprint density at radius 3 is 1.85 bits per heavy atom. The first kappa shape index (κ1) is 16.3. The summed E-state index contributed by atoms with van der Waals surface area (Å²) in [5.41, 5.74) is 0. The van der Waals surface area contributed by atoms with Crippen LogP contribution in [0, 0.1) is 23.7 Å². The van der Waals surface area contributed by atoms with Crippen molar-refractivity contribution in [3.63, 3.8) is 0 Å². The van der Waals surface area contributed by atoms with Gasteiger partial charge < -0.3 is 0 Å². The second-order valence-electron chi connectivity index (χ2n) is 7.35. The highest BCUT2D eigenvalue weighted by atomic mass is 17.1. The Kier molecular flexibility index (Phi) is 7.37. The normalized spacial score (nSPS) is 35.1. The zero-order valence-corrected chi connectivity index (χ0v) is 13.4. The Bertz CT molecular complexity index is 238. The molecule has 0 aliphatic heterocycles. The van der Waals surface area contributed by atoms with Gasteiger partial charge in [-0.05, 0) is 62.2 Å². The summed E-state index contributed by atoms with van der Waals surface area (Å²) in [6.07, 6.45) is 17.0. The van der Waals surface area contributed by atoms with E-state index in [1.54, 1.807) is 0 Å². The third-order valence-electron chi connectivity index (χ3n) is 5.98. The molecule has 0 unspecified atom stereocenters. The molecule has 20 heavy (non-hydrogen) atoms. The van der Waals surface area contributed by atoms with Crippen LogP contribution in [0.25, 0.3) is 0 Å². The predicted molar refractivity (Wildman–Crippen MR) is 83.6 cm³/mol. The Balaban J connectivity index is 1.62. The van der Waals surface area contributed by atoms with Crippen molar-refractivity contribution < 1.29 is 10.1 Å². The number of rotatable bonds is 7. The topological polar surface area (TPSA) is 29.5 Å².